The van der Waals surface area contributed by atoms with Crippen molar-refractivity contribution in [1.29, 1.82) is 0 Å². The summed E-state index contributed by atoms with van der Waals surface area (Å²) in [4.78, 5) is 25.3. The summed E-state index contributed by atoms with van der Waals surface area (Å²) in [5, 5.41) is 2.79. The molecule has 1 aliphatic heterocycles. The lowest BCUT2D eigenvalue weighted by Crippen LogP contribution is -2.34. The van der Waals surface area contributed by atoms with Crippen LogP contribution in [0.25, 0.3) is 0 Å². The number of hydrogen-bond donors (Lipinski definition) is 1. The van der Waals surface area contributed by atoms with Crippen molar-refractivity contribution in [3.63, 3.8) is 0 Å². The average Bonchev–Trinajstić information content (AvgIpc) is 2.72. The van der Waals surface area contributed by atoms with E-state index in [2.05, 4.69) is 21.2 Å². The van der Waals surface area contributed by atoms with E-state index < -0.39 is 5.92 Å². The van der Waals surface area contributed by atoms with Crippen LogP contribution in [-0.4, -0.2) is 32.7 Å². The van der Waals surface area contributed by atoms with Gasteiger partial charge in [-0.3, -0.25) is 4.79 Å². The SMILES string of the molecule is COc1cc(Br)c([C@@H]2CC(=O)NC(C)=C2C(=O)OCC2CCCCC2)cc1OC. The molecule has 0 radical (unpaired) electrons. The maximum atomic E-state index is 13.0. The van der Waals surface area contributed by atoms with Crippen LogP contribution in [0.4, 0.5) is 0 Å². The minimum Gasteiger partial charge on any atom is -0.493 e. The first kappa shape index (κ1) is 21.7. The summed E-state index contributed by atoms with van der Waals surface area (Å²) in [5.41, 5.74) is 1.83. The number of carbonyl (C=O) groups excluding carboxylic acids is 2. The minimum absolute atomic E-state index is 0.127. The maximum absolute atomic E-state index is 13.0. The summed E-state index contributed by atoms with van der Waals surface area (Å²) in [7, 11) is 3.12. The zero-order valence-electron chi connectivity index (χ0n) is 17.2. The molecule has 1 N–H and O–H groups in total. The number of ether oxygens (including phenoxy) is 3. The highest BCUT2D eigenvalue weighted by molar-refractivity contribution is 9.10. The topological polar surface area (TPSA) is 73.9 Å². The number of rotatable bonds is 6. The monoisotopic (exact) mass is 465 g/mol. The van der Waals surface area contributed by atoms with E-state index in [0.717, 1.165) is 22.9 Å². The fourth-order valence-electron chi connectivity index (χ4n) is 4.20. The van der Waals surface area contributed by atoms with Crippen LogP contribution in [-0.2, 0) is 14.3 Å². The number of esters is 1. The Morgan fingerprint density at radius 3 is 2.45 bits per heavy atom. The van der Waals surface area contributed by atoms with Crippen LogP contribution in [0.2, 0.25) is 0 Å². The molecule has 158 valence electrons. The number of hydrogen-bond acceptors (Lipinski definition) is 5. The number of nitrogens with one attached hydrogen (secondary N) is 1. The Kier molecular flexibility index (Phi) is 7.22. The molecule has 1 amide bonds. The van der Waals surface area contributed by atoms with Gasteiger partial charge < -0.3 is 19.5 Å². The molecular weight excluding hydrogens is 438 g/mol. The molecule has 2 aliphatic rings. The van der Waals surface area contributed by atoms with E-state index in [-0.39, 0.29) is 18.3 Å². The summed E-state index contributed by atoms with van der Waals surface area (Å²) >= 11 is 3.56. The first-order valence-corrected chi connectivity index (χ1v) is 10.8. The standard InChI is InChI=1S/C22H28BrNO5/c1-13-21(22(26)29-12-14-7-5-4-6-8-14)16(10-20(25)24-13)15-9-18(27-2)19(28-3)11-17(15)23/h9,11,14,16H,4-8,10,12H2,1-3H3,(H,24,25)/t16-/m0/s1. The highest BCUT2D eigenvalue weighted by Crippen LogP contribution is 2.42. The molecule has 0 spiro atoms. The first-order chi connectivity index (χ1) is 13.9. The van der Waals surface area contributed by atoms with Crippen molar-refractivity contribution in [3.8, 4) is 11.5 Å². The number of benzene rings is 1. The van der Waals surface area contributed by atoms with Crippen LogP contribution in [0, 0.1) is 5.92 Å². The molecule has 1 heterocycles. The Bertz CT molecular complexity index is 814. The number of halogens is 1. The molecule has 1 aromatic rings. The summed E-state index contributed by atoms with van der Waals surface area (Å²) in [6.45, 7) is 2.18. The summed E-state index contributed by atoms with van der Waals surface area (Å²) in [6, 6.07) is 3.61. The van der Waals surface area contributed by atoms with Crippen LogP contribution in [0.15, 0.2) is 27.9 Å². The van der Waals surface area contributed by atoms with Gasteiger partial charge in [-0.25, -0.2) is 4.79 Å². The van der Waals surface area contributed by atoms with Gasteiger partial charge in [0.2, 0.25) is 5.91 Å². The Hall–Kier alpha value is -2.02. The largest absolute Gasteiger partial charge is 0.493 e. The molecule has 0 unspecified atom stereocenters. The van der Waals surface area contributed by atoms with Gasteiger partial charge in [0.1, 0.15) is 0 Å². The van der Waals surface area contributed by atoms with Gasteiger partial charge in [0.15, 0.2) is 11.5 Å². The molecule has 0 bridgehead atoms. The van der Waals surface area contributed by atoms with E-state index in [1.807, 2.05) is 6.07 Å². The second-order valence-corrected chi connectivity index (χ2v) is 8.53. The fourth-order valence-corrected chi connectivity index (χ4v) is 4.80. The number of amides is 1. The highest BCUT2D eigenvalue weighted by Gasteiger charge is 2.35. The fraction of sp³-hybridized carbons (Fsp3) is 0.545. The van der Waals surface area contributed by atoms with Crippen LogP contribution in [0.3, 0.4) is 0 Å². The molecular formula is C22H28BrNO5. The van der Waals surface area contributed by atoms with Gasteiger partial charge in [0, 0.05) is 22.5 Å². The van der Waals surface area contributed by atoms with Gasteiger partial charge in [-0.1, -0.05) is 35.2 Å². The third-order valence-electron chi connectivity index (χ3n) is 5.74. The highest BCUT2D eigenvalue weighted by atomic mass is 79.9. The smallest absolute Gasteiger partial charge is 0.336 e. The predicted molar refractivity (Wildman–Crippen MR) is 113 cm³/mol. The second kappa shape index (κ2) is 9.65. The van der Waals surface area contributed by atoms with E-state index in [1.165, 1.54) is 19.3 Å². The molecule has 1 atom stereocenters. The van der Waals surface area contributed by atoms with Gasteiger partial charge in [0.25, 0.3) is 0 Å². The van der Waals surface area contributed by atoms with Gasteiger partial charge in [-0.2, -0.15) is 0 Å². The van der Waals surface area contributed by atoms with E-state index in [1.54, 1.807) is 27.2 Å². The van der Waals surface area contributed by atoms with Crippen molar-refractivity contribution < 1.29 is 23.8 Å². The molecule has 6 nitrogen and oxygen atoms in total. The van der Waals surface area contributed by atoms with Crippen molar-refractivity contribution in [1.82, 2.24) is 5.32 Å². The molecule has 1 saturated carbocycles. The Morgan fingerprint density at radius 2 is 1.79 bits per heavy atom. The quantitative estimate of drug-likeness (QED) is 0.627. The Morgan fingerprint density at radius 1 is 1.14 bits per heavy atom. The maximum Gasteiger partial charge on any atom is 0.336 e. The van der Waals surface area contributed by atoms with Gasteiger partial charge in [-0.05, 0) is 43.4 Å². The third kappa shape index (κ3) is 4.94. The van der Waals surface area contributed by atoms with E-state index in [0.29, 0.717) is 35.3 Å². The zero-order valence-corrected chi connectivity index (χ0v) is 18.8. The van der Waals surface area contributed by atoms with Crippen molar-refractivity contribution >= 4 is 27.8 Å². The number of allylic oxidation sites excluding steroid dienone is 1. The predicted octanol–water partition coefficient (Wildman–Crippen LogP) is 4.47. The van der Waals surface area contributed by atoms with E-state index >= 15 is 0 Å². The van der Waals surface area contributed by atoms with E-state index in [9.17, 15) is 9.59 Å². The zero-order chi connectivity index (χ0) is 21.0. The molecule has 1 aromatic carbocycles. The molecule has 1 aliphatic carbocycles. The molecule has 0 aromatic heterocycles. The van der Waals surface area contributed by atoms with Crippen LogP contribution < -0.4 is 14.8 Å². The second-order valence-electron chi connectivity index (χ2n) is 7.67. The summed E-state index contributed by atoms with van der Waals surface area (Å²) in [6.07, 6.45) is 6.03. The van der Waals surface area contributed by atoms with Crippen LogP contribution >= 0.6 is 15.9 Å². The number of carbonyl (C=O) groups is 2. The lowest BCUT2D eigenvalue weighted by molar-refractivity contribution is -0.141. The van der Waals surface area contributed by atoms with Gasteiger partial charge in [0.05, 0.1) is 26.4 Å². The van der Waals surface area contributed by atoms with Crippen molar-refractivity contribution in [2.75, 3.05) is 20.8 Å². The summed E-state index contributed by atoms with van der Waals surface area (Å²) < 4.78 is 17.2. The lowest BCUT2D eigenvalue weighted by atomic mass is 9.84. The Balaban J connectivity index is 1.88. The molecule has 7 heteroatoms. The van der Waals surface area contributed by atoms with Crippen LogP contribution in [0.5, 0.6) is 11.5 Å². The van der Waals surface area contributed by atoms with Crippen LogP contribution in [0.1, 0.15) is 56.9 Å². The minimum atomic E-state index is -0.420. The lowest BCUT2D eigenvalue weighted by Gasteiger charge is -2.28. The third-order valence-corrected chi connectivity index (χ3v) is 6.43. The van der Waals surface area contributed by atoms with Gasteiger partial charge >= 0.3 is 5.97 Å². The Labute approximate surface area is 180 Å². The van der Waals surface area contributed by atoms with Crippen molar-refractivity contribution in [3.05, 3.63) is 33.4 Å². The summed E-state index contributed by atoms with van der Waals surface area (Å²) in [5.74, 6) is 0.641. The number of methoxy groups -OCH3 is 2. The first-order valence-electron chi connectivity index (χ1n) is 10.0. The molecule has 3 rings (SSSR count). The van der Waals surface area contributed by atoms with Gasteiger partial charge in [-0.15, -0.1) is 0 Å². The normalized spacial score (nSPS) is 20.3. The average molecular weight is 466 g/mol. The van der Waals surface area contributed by atoms with Crippen molar-refractivity contribution in [2.45, 2.75) is 51.4 Å². The molecule has 1 fully saturated rings. The van der Waals surface area contributed by atoms with E-state index in [4.69, 9.17) is 14.2 Å². The molecule has 29 heavy (non-hydrogen) atoms. The molecule has 0 saturated heterocycles. The van der Waals surface area contributed by atoms with Crippen molar-refractivity contribution in [2.24, 2.45) is 5.92 Å².